The van der Waals surface area contributed by atoms with E-state index in [2.05, 4.69) is 26.2 Å². The molecule has 2 aromatic carbocycles. The first-order chi connectivity index (χ1) is 12.6. The first kappa shape index (κ1) is 18.6. The molecule has 3 rings (SSSR count). The van der Waals surface area contributed by atoms with Gasteiger partial charge >= 0.3 is 0 Å². The average molecular weight is 431 g/mol. The zero-order valence-corrected chi connectivity index (χ0v) is 17.0. The summed E-state index contributed by atoms with van der Waals surface area (Å²) in [5.41, 5.74) is 2.97. The molecule has 0 saturated carbocycles. The molecule has 0 fully saturated rings. The Morgan fingerprint density at radius 3 is 2.65 bits per heavy atom. The number of anilines is 1. The van der Waals surface area contributed by atoms with Gasteiger partial charge in [0, 0.05) is 21.3 Å². The molecule has 4 nitrogen and oxygen atoms in total. The molecule has 0 spiro atoms. The van der Waals surface area contributed by atoms with Crippen molar-refractivity contribution in [2.75, 3.05) is 12.4 Å². The number of benzene rings is 2. The standard InChI is InChI=1S/C20H19BrN2O2S/c1-13-19(15-7-10-16(21)11-8-15)23-20(26-13)22-18(24)12-9-14-5-3-4-6-17(14)25-2/h3-8,10-11H,9,12H2,1-2H3,(H,22,23,24). The molecule has 0 radical (unpaired) electrons. The Morgan fingerprint density at radius 2 is 1.92 bits per heavy atom. The number of thiazole rings is 1. The van der Waals surface area contributed by atoms with Gasteiger partial charge in [-0.05, 0) is 37.1 Å². The number of aromatic nitrogens is 1. The summed E-state index contributed by atoms with van der Waals surface area (Å²) in [6.45, 7) is 2.01. The molecule has 1 amide bonds. The lowest BCUT2D eigenvalue weighted by Gasteiger charge is -2.07. The van der Waals surface area contributed by atoms with E-state index in [-0.39, 0.29) is 5.91 Å². The van der Waals surface area contributed by atoms with Crippen molar-refractivity contribution in [3.63, 3.8) is 0 Å². The van der Waals surface area contributed by atoms with Crippen molar-refractivity contribution < 1.29 is 9.53 Å². The van der Waals surface area contributed by atoms with Crippen molar-refractivity contribution in [1.82, 2.24) is 4.98 Å². The molecule has 3 aromatic rings. The van der Waals surface area contributed by atoms with Crippen LogP contribution in [0.4, 0.5) is 5.13 Å². The third-order valence-corrected chi connectivity index (χ3v) is 5.39. The Hall–Kier alpha value is -2.18. The molecule has 0 bridgehead atoms. The molecule has 0 aliphatic heterocycles. The summed E-state index contributed by atoms with van der Waals surface area (Å²) in [5, 5.41) is 3.54. The highest BCUT2D eigenvalue weighted by atomic mass is 79.9. The zero-order chi connectivity index (χ0) is 18.5. The molecule has 0 atom stereocenters. The number of hydrogen-bond acceptors (Lipinski definition) is 4. The average Bonchev–Trinajstić information content (AvgIpc) is 3.01. The largest absolute Gasteiger partial charge is 0.496 e. The van der Waals surface area contributed by atoms with E-state index >= 15 is 0 Å². The van der Waals surface area contributed by atoms with Gasteiger partial charge in [-0.15, -0.1) is 11.3 Å². The summed E-state index contributed by atoms with van der Waals surface area (Å²) in [4.78, 5) is 18.0. The Morgan fingerprint density at radius 1 is 1.19 bits per heavy atom. The van der Waals surface area contributed by atoms with Crippen molar-refractivity contribution in [2.45, 2.75) is 19.8 Å². The predicted molar refractivity (Wildman–Crippen MR) is 110 cm³/mol. The summed E-state index contributed by atoms with van der Waals surface area (Å²) in [7, 11) is 1.64. The second-order valence-corrected chi connectivity index (χ2v) is 7.91. The number of nitrogens with zero attached hydrogens (tertiary/aromatic N) is 1. The molecule has 1 aromatic heterocycles. The number of hydrogen-bond donors (Lipinski definition) is 1. The van der Waals surface area contributed by atoms with Gasteiger partial charge in [0.25, 0.3) is 0 Å². The van der Waals surface area contributed by atoms with Gasteiger partial charge in [-0.1, -0.05) is 46.3 Å². The number of carbonyl (C=O) groups excluding carboxylic acids is 1. The summed E-state index contributed by atoms with van der Waals surface area (Å²) in [6.07, 6.45) is 1.01. The van der Waals surface area contributed by atoms with E-state index in [9.17, 15) is 4.79 Å². The van der Waals surface area contributed by atoms with Crippen molar-refractivity contribution in [3.8, 4) is 17.0 Å². The molecule has 0 unspecified atom stereocenters. The van der Waals surface area contributed by atoms with Crippen LogP contribution < -0.4 is 10.1 Å². The van der Waals surface area contributed by atoms with Crippen LogP contribution in [0.25, 0.3) is 11.3 Å². The quantitative estimate of drug-likeness (QED) is 0.564. The van der Waals surface area contributed by atoms with E-state index in [0.717, 1.165) is 31.9 Å². The summed E-state index contributed by atoms with van der Waals surface area (Å²) >= 11 is 4.93. The normalized spacial score (nSPS) is 10.6. The minimum Gasteiger partial charge on any atom is -0.496 e. The van der Waals surface area contributed by atoms with Crippen LogP contribution in [0.3, 0.4) is 0 Å². The third kappa shape index (κ3) is 4.51. The summed E-state index contributed by atoms with van der Waals surface area (Å²) < 4.78 is 6.35. The second kappa shape index (κ2) is 8.47. The van der Waals surface area contributed by atoms with E-state index < -0.39 is 0 Å². The number of para-hydroxylation sites is 1. The molecule has 6 heteroatoms. The van der Waals surface area contributed by atoms with Gasteiger partial charge in [0.2, 0.25) is 5.91 Å². The van der Waals surface area contributed by atoms with E-state index in [1.165, 1.54) is 11.3 Å². The number of carbonyl (C=O) groups is 1. The fourth-order valence-electron chi connectivity index (χ4n) is 2.66. The van der Waals surface area contributed by atoms with Crippen molar-refractivity contribution >= 4 is 38.3 Å². The van der Waals surface area contributed by atoms with Gasteiger partial charge < -0.3 is 10.1 Å². The zero-order valence-electron chi connectivity index (χ0n) is 14.6. The van der Waals surface area contributed by atoms with Gasteiger partial charge in [0.1, 0.15) is 5.75 Å². The molecule has 0 aliphatic carbocycles. The Labute approximate surface area is 165 Å². The SMILES string of the molecule is COc1ccccc1CCC(=O)Nc1nc(-c2ccc(Br)cc2)c(C)s1. The van der Waals surface area contributed by atoms with Crippen LogP contribution in [0.1, 0.15) is 16.9 Å². The maximum atomic E-state index is 12.3. The number of rotatable bonds is 6. The van der Waals surface area contributed by atoms with E-state index in [1.807, 2.05) is 55.5 Å². The molecule has 0 saturated heterocycles. The lowest BCUT2D eigenvalue weighted by atomic mass is 10.1. The monoisotopic (exact) mass is 430 g/mol. The number of nitrogens with one attached hydrogen (secondary N) is 1. The Kier molecular flexibility index (Phi) is 6.06. The van der Waals surface area contributed by atoms with Crippen molar-refractivity contribution in [2.24, 2.45) is 0 Å². The minimum atomic E-state index is -0.0491. The van der Waals surface area contributed by atoms with Crippen LogP contribution in [0.15, 0.2) is 53.0 Å². The predicted octanol–water partition coefficient (Wildman–Crippen LogP) is 5.46. The maximum Gasteiger partial charge on any atom is 0.226 e. The van der Waals surface area contributed by atoms with Crippen molar-refractivity contribution in [1.29, 1.82) is 0 Å². The van der Waals surface area contributed by atoms with E-state index in [0.29, 0.717) is 18.0 Å². The molecule has 1 N–H and O–H groups in total. The second-order valence-electron chi connectivity index (χ2n) is 5.79. The van der Waals surface area contributed by atoms with Crippen LogP contribution in [0.2, 0.25) is 0 Å². The first-order valence-electron chi connectivity index (χ1n) is 8.22. The topological polar surface area (TPSA) is 51.2 Å². The van der Waals surface area contributed by atoms with Crippen molar-refractivity contribution in [3.05, 3.63) is 63.4 Å². The Balaban J connectivity index is 1.65. The fraction of sp³-hybridized carbons (Fsp3) is 0.200. The van der Waals surface area contributed by atoms with Gasteiger partial charge in [0.15, 0.2) is 5.13 Å². The highest BCUT2D eigenvalue weighted by molar-refractivity contribution is 9.10. The van der Waals surface area contributed by atoms with Crippen LogP contribution in [-0.4, -0.2) is 18.0 Å². The summed E-state index contributed by atoms with van der Waals surface area (Å²) in [5.74, 6) is 0.759. The molecule has 1 heterocycles. The molecular formula is C20H19BrN2O2S. The molecule has 0 aliphatic rings. The smallest absolute Gasteiger partial charge is 0.226 e. The number of ether oxygens (including phenoxy) is 1. The third-order valence-electron chi connectivity index (χ3n) is 3.97. The number of aryl methyl sites for hydroxylation is 2. The number of halogens is 1. The fourth-order valence-corrected chi connectivity index (χ4v) is 3.78. The van der Waals surface area contributed by atoms with E-state index in [4.69, 9.17) is 4.74 Å². The van der Waals surface area contributed by atoms with Gasteiger partial charge in [-0.3, -0.25) is 4.79 Å². The Bertz CT molecular complexity index is 906. The van der Waals surface area contributed by atoms with Gasteiger partial charge in [-0.2, -0.15) is 0 Å². The molecule has 134 valence electrons. The lowest BCUT2D eigenvalue weighted by molar-refractivity contribution is -0.116. The highest BCUT2D eigenvalue weighted by Gasteiger charge is 2.13. The molecule has 26 heavy (non-hydrogen) atoms. The van der Waals surface area contributed by atoms with Crippen LogP contribution in [0.5, 0.6) is 5.75 Å². The van der Waals surface area contributed by atoms with Crippen LogP contribution in [0, 0.1) is 6.92 Å². The minimum absolute atomic E-state index is 0.0491. The summed E-state index contributed by atoms with van der Waals surface area (Å²) in [6, 6.07) is 15.8. The lowest BCUT2D eigenvalue weighted by Crippen LogP contribution is -2.12. The van der Waals surface area contributed by atoms with Crippen LogP contribution >= 0.6 is 27.3 Å². The first-order valence-corrected chi connectivity index (χ1v) is 9.83. The number of methoxy groups -OCH3 is 1. The van der Waals surface area contributed by atoms with Gasteiger partial charge in [-0.25, -0.2) is 4.98 Å². The van der Waals surface area contributed by atoms with E-state index in [1.54, 1.807) is 7.11 Å². The van der Waals surface area contributed by atoms with Crippen LogP contribution in [-0.2, 0) is 11.2 Å². The highest BCUT2D eigenvalue weighted by Crippen LogP contribution is 2.31. The maximum absolute atomic E-state index is 12.3. The molecular weight excluding hydrogens is 412 g/mol. The number of amides is 1. The van der Waals surface area contributed by atoms with Gasteiger partial charge in [0.05, 0.1) is 12.8 Å².